The second-order valence-electron chi connectivity index (χ2n) is 5.16. The van der Waals surface area contributed by atoms with Crippen LogP contribution in [0.2, 0.25) is 0 Å². The number of benzene rings is 1. The van der Waals surface area contributed by atoms with Crippen LogP contribution in [0.5, 0.6) is 0 Å². The summed E-state index contributed by atoms with van der Waals surface area (Å²) in [5.41, 5.74) is 3.83. The zero-order valence-electron chi connectivity index (χ0n) is 12.6. The maximum Gasteiger partial charge on any atom is 0.305 e. The second-order valence-corrected chi connectivity index (χ2v) is 5.16. The van der Waals surface area contributed by atoms with Crippen LogP contribution in [0.3, 0.4) is 0 Å². The number of nitrogens with one attached hydrogen (secondary N) is 1. The van der Waals surface area contributed by atoms with Crippen LogP contribution in [-0.4, -0.2) is 40.0 Å². The molecule has 0 saturated heterocycles. The summed E-state index contributed by atoms with van der Waals surface area (Å²) < 4.78 is 0. The Morgan fingerprint density at radius 2 is 2.00 bits per heavy atom. The number of carboxylic acid groups (broad SMARTS) is 1. The number of fused-ring (bicyclic) bond motifs is 1. The number of carbonyl (C=O) groups is 2. The van der Waals surface area contributed by atoms with Gasteiger partial charge in [-0.1, -0.05) is 0 Å². The number of aryl methyl sites for hydroxylation is 2. The van der Waals surface area contributed by atoms with E-state index in [-0.39, 0.29) is 18.9 Å². The molecule has 0 aliphatic carbocycles. The van der Waals surface area contributed by atoms with Gasteiger partial charge in [0.05, 0.1) is 6.42 Å². The molecule has 0 atom stereocenters. The maximum atomic E-state index is 12.5. The number of hydrogen-bond donors (Lipinski definition) is 2. The van der Waals surface area contributed by atoms with Gasteiger partial charge in [0, 0.05) is 35.2 Å². The molecular formula is C16H20N2O3. The van der Waals surface area contributed by atoms with Crippen LogP contribution in [0, 0.1) is 13.8 Å². The van der Waals surface area contributed by atoms with E-state index in [1.54, 1.807) is 11.0 Å². The third-order valence-electron chi connectivity index (χ3n) is 3.82. The molecular weight excluding hydrogens is 268 g/mol. The number of carbonyl (C=O) groups excluding carboxylic acids is 1. The number of aliphatic carboxylic acids is 1. The fourth-order valence-electron chi connectivity index (χ4n) is 2.41. The largest absolute Gasteiger partial charge is 0.481 e. The first-order chi connectivity index (χ1) is 9.93. The quantitative estimate of drug-likeness (QED) is 0.888. The Morgan fingerprint density at radius 3 is 2.62 bits per heavy atom. The van der Waals surface area contributed by atoms with E-state index in [9.17, 15) is 9.59 Å². The molecule has 0 aliphatic heterocycles. The van der Waals surface area contributed by atoms with Crippen molar-refractivity contribution in [3.05, 3.63) is 35.0 Å². The van der Waals surface area contributed by atoms with Crippen LogP contribution in [0.4, 0.5) is 0 Å². The molecule has 2 N–H and O–H groups in total. The second kappa shape index (κ2) is 5.99. The molecule has 0 saturated carbocycles. The van der Waals surface area contributed by atoms with Crippen LogP contribution >= 0.6 is 0 Å². The van der Waals surface area contributed by atoms with Gasteiger partial charge in [0.15, 0.2) is 0 Å². The highest BCUT2D eigenvalue weighted by Gasteiger charge is 2.16. The fraction of sp³-hybridized carbons (Fsp3) is 0.375. The average Bonchev–Trinajstić information content (AvgIpc) is 2.74. The standard InChI is InChI=1S/C16H20N2O3/c1-4-18(8-7-15(19)20)16(21)12-5-6-14-13(9-12)10(2)11(3)17-14/h5-6,9,17H,4,7-8H2,1-3H3,(H,19,20). The first-order valence-corrected chi connectivity index (χ1v) is 7.04. The van der Waals surface area contributed by atoms with Gasteiger partial charge in [0.25, 0.3) is 5.91 Å². The summed E-state index contributed by atoms with van der Waals surface area (Å²) in [5.74, 6) is -1.02. The Bertz CT molecular complexity index is 688. The van der Waals surface area contributed by atoms with Crippen LogP contribution in [0.1, 0.15) is 35.0 Å². The zero-order valence-corrected chi connectivity index (χ0v) is 12.6. The van der Waals surface area contributed by atoms with Crippen molar-refractivity contribution in [2.24, 2.45) is 0 Å². The summed E-state index contributed by atoms with van der Waals surface area (Å²) in [6.07, 6.45) is -0.0376. The predicted molar refractivity (Wildman–Crippen MR) is 81.6 cm³/mol. The normalized spacial score (nSPS) is 10.8. The molecule has 1 aromatic heterocycles. The lowest BCUT2D eigenvalue weighted by atomic mass is 10.1. The maximum absolute atomic E-state index is 12.5. The number of nitrogens with zero attached hydrogens (tertiary/aromatic N) is 1. The first-order valence-electron chi connectivity index (χ1n) is 7.04. The van der Waals surface area contributed by atoms with Gasteiger partial charge in [-0.3, -0.25) is 9.59 Å². The summed E-state index contributed by atoms with van der Waals surface area (Å²) >= 11 is 0. The van der Waals surface area contributed by atoms with Crippen LogP contribution in [-0.2, 0) is 4.79 Å². The SMILES string of the molecule is CCN(CCC(=O)O)C(=O)c1ccc2[nH]c(C)c(C)c2c1. The number of aromatic nitrogens is 1. The third-order valence-corrected chi connectivity index (χ3v) is 3.82. The predicted octanol–water partition coefficient (Wildman–Crippen LogP) is 2.72. The lowest BCUT2D eigenvalue weighted by Gasteiger charge is -2.20. The van der Waals surface area contributed by atoms with Crippen molar-refractivity contribution in [2.75, 3.05) is 13.1 Å². The number of hydrogen-bond acceptors (Lipinski definition) is 2. The minimum absolute atomic E-state index is 0.0376. The minimum Gasteiger partial charge on any atom is -0.481 e. The summed E-state index contributed by atoms with van der Waals surface area (Å²) in [6.45, 7) is 6.60. The van der Waals surface area contributed by atoms with E-state index in [1.807, 2.05) is 32.9 Å². The number of amides is 1. The highest BCUT2D eigenvalue weighted by Crippen LogP contribution is 2.23. The zero-order chi connectivity index (χ0) is 15.6. The van der Waals surface area contributed by atoms with Gasteiger partial charge in [0.2, 0.25) is 0 Å². The van der Waals surface area contributed by atoms with E-state index in [1.165, 1.54) is 0 Å². The molecule has 5 heteroatoms. The van der Waals surface area contributed by atoms with E-state index >= 15 is 0 Å². The molecule has 0 fully saturated rings. The van der Waals surface area contributed by atoms with Crippen molar-refractivity contribution in [1.29, 1.82) is 0 Å². The Morgan fingerprint density at radius 1 is 1.29 bits per heavy atom. The number of H-pyrrole nitrogens is 1. The highest BCUT2D eigenvalue weighted by molar-refractivity contribution is 5.99. The van der Waals surface area contributed by atoms with Gasteiger partial charge in [-0.15, -0.1) is 0 Å². The monoisotopic (exact) mass is 288 g/mol. The summed E-state index contributed by atoms with van der Waals surface area (Å²) in [7, 11) is 0. The number of carboxylic acids is 1. The molecule has 0 unspecified atom stereocenters. The van der Waals surface area contributed by atoms with Gasteiger partial charge < -0.3 is 15.0 Å². The number of rotatable bonds is 5. The van der Waals surface area contributed by atoms with Crippen LogP contribution in [0.15, 0.2) is 18.2 Å². The molecule has 21 heavy (non-hydrogen) atoms. The Hall–Kier alpha value is -2.30. The smallest absolute Gasteiger partial charge is 0.305 e. The van der Waals surface area contributed by atoms with Crippen molar-refractivity contribution in [3.63, 3.8) is 0 Å². The highest BCUT2D eigenvalue weighted by atomic mass is 16.4. The molecule has 0 aliphatic rings. The molecule has 1 heterocycles. The van der Waals surface area contributed by atoms with Crippen LogP contribution in [0.25, 0.3) is 10.9 Å². The van der Waals surface area contributed by atoms with Gasteiger partial charge >= 0.3 is 5.97 Å². The van der Waals surface area contributed by atoms with E-state index in [4.69, 9.17) is 5.11 Å². The van der Waals surface area contributed by atoms with Crippen LogP contribution < -0.4 is 0 Å². The molecule has 0 bridgehead atoms. The summed E-state index contributed by atoms with van der Waals surface area (Å²) in [6, 6.07) is 5.55. The number of aromatic amines is 1. The Labute approximate surface area is 123 Å². The Kier molecular flexibility index (Phi) is 4.31. The minimum atomic E-state index is -0.895. The van der Waals surface area contributed by atoms with E-state index < -0.39 is 5.97 Å². The molecule has 5 nitrogen and oxygen atoms in total. The topological polar surface area (TPSA) is 73.4 Å². The van der Waals surface area contributed by atoms with Gasteiger partial charge in [-0.05, 0) is 44.5 Å². The van der Waals surface area contributed by atoms with Gasteiger partial charge in [-0.2, -0.15) is 0 Å². The van der Waals surface area contributed by atoms with Crippen molar-refractivity contribution >= 4 is 22.8 Å². The van der Waals surface area contributed by atoms with E-state index in [2.05, 4.69) is 4.98 Å². The van der Waals surface area contributed by atoms with E-state index in [0.717, 1.165) is 22.2 Å². The van der Waals surface area contributed by atoms with Gasteiger partial charge in [-0.25, -0.2) is 0 Å². The molecule has 2 aromatic rings. The fourth-order valence-corrected chi connectivity index (χ4v) is 2.41. The Balaban J connectivity index is 2.29. The van der Waals surface area contributed by atoms with E-state index in [0.29, 0.717) is 12.1 Å². The molecule has 1 amide bonds. The van der Waals surface area contributed by atoms with Crippen molar-refractivity contribution in [3.8, 4) is 0 Å². The van der Waals surface area contributed by atoms with Crippen molar-refractivity contribution in [1.82, 2.24) is 9.88 Å². The first kappa shape index (κ1) is 15.1. The van der Waals surface area contributed by atoms with Crippen molar-refractivity contribution < 1.29 is 14.7 Å². The third kappa shape index (κ3) is 3.07. The molecule has 0 spiro atoms. The lowest BCUT2D eigenvalue weighted by Crippen LogP contribution is -2.32. The lowest BCUT2D eigenvalue weighted by molar-refractivity contribution is -0.137. The molecule has 1 aromatic carbocycles. The molecule has 0 radical (unpaired) electrons. The average molecular weight is 288 g/mol. The summed E-state index contributed by atoms with van der Waals surface area (Å²) in [5, 5.41) is 9.78. The molecule has 2 rings (SSSR count). The van der Waals surface area contributed by atoms with Crippen molar-refractivity contribution in [2.45, 2.75) is 27.2 Å². The summed E-state index contributed by atoms with van der Waals surface area (Å²) in [4.78, 5) is 28.0. The van der Waals surface area contributed by atoms with Gasteiger partial charge in [0.1, 0.15) is 0 Å². The molecule has 112 valence electrons.